The Morgan fingerprint density at radius 3 is 2.66 bits per heavy atom. The van der Waals surface area contributed by atoms with E-state index in [4.69, 9.17) is 6.42 Å². The summed E-state index contributed by atoms with van der Waals surface area (Å²) in [7, 11) is 0. The van der Waals surface area contributed by atoms with Crippen molar-refractivity contribution in [1.29, 1.82) is 0 Å². The number of carboxylic acids is 1. The first-order chi connectivity index (χ1) is 21.1. The summed E-state index contributed by atoms with van der Waals surface area (Å²) in [5, 5.41) is 28.7. The average Bonchev–Trinajstić information content (AvgIpc) is 3.68. The summed E-state index contributed by atoms with van der Waals surface area (Å²) in [5.74, 6) is 1.29. The number of hydrogen-bond donors (Lipinski definition) is 5. The van der Waals surface area contributed by atoms with Gasteiger partial charge in [0, 0.05) is 17.7 Å². The van der Waals surface area contributed by atoms with E-state index in [1.165, 1.54) is 0 Å². The van der Waals surface area contributed by atoms with Gasteiger partial charge < -0.3 is 25.6 Å². The van der Waals surface area contributed by atoms with Crippen molar-refractivity contribution in [3.8, 4) is 12.3 Å². The molecule has 2 amide bonds. The van der Waals surface area contributed by atoms with Crippen LogP contribution in [0.1, 0.15) is 71.4 Å². The highest BCUT2D eigenvalue weighted by Gasteiger charge is 2.29. The number of aromatic nitrogens is 6. The molecule has 14 heteroatoms. The zero-order valence-electron chi connectivity index (χ0n) is 24.1. The highest BCUT2D eigenvalue weighted by Crippen LogP contribution is 2.39. The lowest BCUT2D eigenvalue weighted by Gasteiger charge is -2.30. The molecule has 5 rings (SSSR count). The molecule has 0 aliphatic heterocycles. The molecule has 1 aliphatic carbocycles. The molecule has 0 bridgehead atoms. The van der Waals surface area contributed by atoms with Crippen molar-refractivity contribution in [3.05, 3.63) is 75.1 Å². The van der Waals surface area contributed by atoms with E-state index in [2.05, 4.69) is 47.1 Å². The first kappa shape index (κ1) is 29.9. The number of tetrazole rings is 1. The summed E-state index contributed by atoms with van der Waals surface area (Å²) in [5.41, 5.74) is 3.60. The number of carboxylic acid groups (broad SMARTS) is 1. The number of aromatic amines is 2. The van der Waals surface area contributed by atoms with E-state index in [1.54, 1.807) is 38.1 Å². The van der Waals surface area contributed by atoms with Crippen LogP contribution in [0.3, 0.4) is 0 Å². The number of carbonyl (C=O) groups is 3. The van der Waals surface area contributed by atoms with Gasteiger partial charge in [0.25, 0.3) is 11.5 Å². The van der Waals surface area contributed by atoms with Gasteiger partial charge in [0.15, 0.2) is 5.82 Å². The summed E-state index contributed by atoms with van der Waals surface area (Å²) < 4.78 is 0. The summed E-state index contributed by atoms with van der Waals surface area (Å²) >= 11 is 0. The Balaban J connectivity index is 1.26. The van der Waals surface area contributed by atoms with Crippen molar-refractivity contribution in [2.45, 2.75) is 57.7 Å². The Bertz CT molecular complexity index is 1790. The Hall–Kier alpha value is -5.58. The molecule has 3 atom stereocenters. The van der Waals surface area contributed by atoms with E-state index in [9.17, 15) is 24.3 Å². The number of nitrogens with zero attached hydrogens (tertiary/aromatic N) is 5. The van der Waals surface area contributed by atoms with Crippen LogP contribution in [0, 0.1) is 19.3 Å². The maximum Gasteiger partial charge on any atom is 0.326 e. The predicted octanol–water partition coefficient (Wildman–Crippen LogP) is 1.71. The molecule has 44 heavy (non-hydrogen) atoms. The number of nitrogens with one attached hydrogen (secondary N) is 4. The Kier molecular flexibility index (Phi) is 8.66. The maximum absolute atomic E-state index is 13.0. The summed E-state index contributed by atoms with van der Waals surface area (Å²) in [6.07, 6.45) is 7.06. The van der Waals surface area contributed by atoms with Crippen molar-refractivity contribution < 1.29 is 19.5 Å². The van der Waals surface area contributed by atoms with Crippen LogP contribution in [0.4, 0.5) is 5.69 Å². The molecule has 0 spiro atoms. The molecule has 0 fully saturated rings. The molecule has 1 aliphatic rings. The highest BCUT2D eigenvalue weighted by atomic mass is 16.4. The van der Waals surface area contributed by atoms with Crippen LogP contribution in [0.5, 0.6) is 0 Å². The number of H-pyrrole nitrogens is 2. The number of rotatable bonds is 11. The number of terminal acetylenes is 1. The molecule has 0 saturated heterocycles. The number of benzene rings is 2. The van der Waals surface area contributed by atoms with Crippen LogP contribution in [0.25, 0.3) is 10.9 Å². The van der Waals surface area contributed by atoms with Crippen molar-refractivity contribution in [2.24, 2.45) is 0 Å². The van der Waals surface area contributed by atoms with Gasteiger partial charge >= 0.3 is 5.97 Å². The lowest BCUT2D eigenvalue weighted by atomic mass is 10.0. The second-order valence-corrected chi connectivity index (χ2v) is 10.6. The summed E-state index contributed by atoms with van der Waals surface area (Å²) in [6.45, 7) is 3.71. The number of carbonyl (C=O) groups excluding carboxylic acids is 2. The van der Waals surface area contributed by atoms with Gasteiger partial charge in [-0.05, 0) is 80.6 Å². The second-order valence-electron chi connectivity index (χ2n) is 10.6. The minimum absolute atomic E-state index is 0.0869. The van der Waals surface area contributed by atoms with Crippen LogP contribution < -0.4 is 21.1 Å². The number of amides is 2. The van der Waals surface area contributed by atoms with Crippen LogP contribution in [-0.4, -0.2) is 66.1 Å². The molecule has 0 unspecified atom stereocenters. The zero-order valence-corrected chi connectivity index (χ0v) is 24.1. The molecule has 0 radical (unpaired) electrons. The van der Waals surface area contributed by atoms with Gasteiger partial charge in [-0.3, -0.25) is 14.4 Å². The highest BCUT2D eigenvalue weighted by molar-refractivity contribution is 5.97. The summed E-state index contributed by atoms with van der Waals surface area (Å²) in [4.78, 5) is 59.0. The first-order valence-corrected chi connectivity index (χ1v) is 14.0. The largest absolute Gasteiger partial charge is 0.480 e. The fourth-order valence-electron chi connectivity index (χ4n) is 5.45. The van der Waals surface area contributed by atoms with Gasteiger partial charge in [-0.2, -0.15) is 5.21 Å². The Morgan fingerprint density at radius 1 is 1.20 bits per heavy atom. The number of aliphatic carboxylic acids is 1. The topological polar surface area (TPSA) is 199 Å². The minimum atomic E-state index is -1.28. The quantitative estimate of drug-likeness (QED) is 0.159. The molecule has 2 heterocycles. The van der Waals surface area contributed by atoms with Gasteiger partial charge in [0.05, 0.1) is 29.5 Å². The second kappa shape index (κ2) is 12.7. The number of anilines is 1. The van der Waals surface area contributed by atoms with E-state index < -0.39 is 29.9 Å². The van der Waals surface area contributed by atoms with Crippen molar-refractivity contribution >= 4 is 34.4 Å². The van der Waals surface area contributed by atoms with Crippen LogP contribution >= 0.6 is 0 Å². The average molecular weight is 598 g/mol. The Labute approximate surface area is 251 Å². The fraction of sp³-hybridized carbons (Fsp3) is 0.333. The monoisotopic (exact) mass is 597 g/mol. The van der Waals surface area contributed by atoms with Crippen LogP contribution in [-0.2, 0) is 16.0 Å². The van der Waals surface area contributed by atoms with Gasteiger partial charge in [-0.1, -0.05) is 11.1 Å². The number of fused-ring (bicyclic) bond motifs is 2. The molecular formula is C30H31N9O5. The lowest BCUT2D eigenvalue weighted by Crippen LogP contribution is -2.41. The predicted molar refractivity (Wildman–Crippen MR) is 160 cm³/mol. The Morgan fingerprint density at radius 2 is 1.98 bits per heavy atom. The summed E-state index contributed by atoms with van der Waals surface area (Å²) in [6, 6.07) is 8.67. The molecule has 226 valence electrons. The molecule has 2 aromatic heterocycles. The van der Waals surface area contributed by atoms with E-state index in [-0.39, 0.29) is 30.0 Å². The zero-order chi connectivity index (χ0) is 31.4. The third kappa shape index (κ3) is 6.41. The third-order valence-corrected chi connectivity index (χ3v) is 7.62. The van der Waals surface area contributed by atoms with Crippen molar-refractivity contribution in [3.63, 3.8) is 0 Å². The van der Waals surface area contributed by atoms with Gasteiger partial charge in [0.2, 0.25) is 5.91 Å². The smallest absolute Gasteiger partial charge is 0.326 e. The van der Waals surface area contributed by atoms with Crippen molar-refractivity contribution in [1.82, 2.24) is 41.2 Å². The van der Waals surface area contributed by atoms with E-state index in [1.807, 2.05) is 17.0 Å². The first-order valence-electron chi connectivity index (χ1n) is 14.0. The SMILES string of the molecule is C#CCN(c1ccc(C(=O)N[C@@H](CCC(=O)N[C@H](C)c2nn[nH]n2)C(=O)O)cc1)[C@@H]1CCc2cc3nc(C)[nH]c(=O)c3cc21. The minimum Gasteiger partial charge on any atom is -0.480 e. The van der Waals surface area contributed by atoms with Crippen LogP contribution in [0.15, 0.2) is 41.2 Å². The maximum atomic E-state index is 13.0. The molecule has 2 aromatic carbocycles. The standard InChI is InChI=1S/C30H31N9O5/c1-4-13-39(25-11-7-19-14-24-22(15-21(19)25)29(42)33-17(3)32-24)20-8-5-18(6-9-20)28(41)34-23(30(43)44)10-12-26(40)31-16(2)27-35-37-38-36-27/h1,5-6,8-9,14-16,23,25H,7,10-13H2,2-3H3,(H,31,40)(H,34,41)(H,43,44)(H,32,33,42)(H,35,36,37,38)/t16-,23+,25-/m1/s1. The number of aryl methyl sites for hydroxylation is 2. The molecule has 4 aromatic rings. The van der Waals surface area contributed by atoms with E-state index >= 15 is 0 Å². The van der Waals surface area contributed by atoms with Crippen molar-refractivity contribution in [2.75, 3.05) is 11.4 Å². The van der Waals surface area contributed by atoms with Crippen LogP contribution in [0.2, 0.25) is 0 Å². The molecular weight excluding hydrogens is 566 g/mol. The number of hydrogen-bond acceptors (Lipinski definition) is 9. The molecule has 0 saturated carbocycles. The van der Waals surface area contributed by atoms with Gasteiger partial charge in [-0.25, -0.2) is 9.78 Å². The van der Waals surface area contributed by atoms with Gasteiger partial charge in [0.1, 0.15) is 11.9 Å². The van der Waals surface area contributed by atoms with E-state index in [0.29, 0.717) is 29.1 Å². The van der Waals surface area contributed by atoms with E-state index in [0.717, 1.165) is 29.7 Å². The normalized spacial score (nSPS) is 15.2. The molecule has 5 N–H and O–H groups in total. The molecule has 14 nitrogen and oxygen atoms in total. The fourth-order valence-corrected chi connectivity index (χ4v) is 5.45. The third-order valence-electron chi connectivity index (χ3n) is 7.62. The van der Waals surface area contributed by atoms with Gasteiger partial charge in [-0.15, -0.1) is 16.6 Å². The lowest BCUT2D eigenvalue weighted by molar-refractivity contribution is -0.139.